The van der Waals surface area contributed by atoms with Crippen molar-refractivity contribution in [2.75, 3.05) is 20.1 Å². The molecule has 0 aromatic heterocycles. The van der Waals surface area contributed by atoms with Crippen LogP contribution in [0.25, 0.3) is 0 Å². The molecule has 1 aliphatic rings. The van der Waals surface area contributed by atoms with Gasteiger partial charge in [0.05, 0.1) is 5.56 Å². The molecular weight excluding hydrogens is 274 g/mol. The number of nitrogens with zero attached hydrogens (tertiary/aromatic N) is 2. The van der Waals surface area contributed by atoms with E-state index >= 15 is 0 Å². The lowest BCUT2D eigenvalue weighted by Crippen LogP contribution is -2.44. The summed E-state index contributed by atoms with van der Waals surface area (Å²) in [5.74, 6) is 0. The highest BCUT2D eigenvalue weighted by atomic mass is 32.2. The zero-order valence-corrected chi connectivity index (χ0v) is 12.6. The number of benzene rings is 1. The van der Waals surface area contributed by atoms with Crippen LogP contribution in [0, 0.1) is 18.3 Å². The molecule has 6 heteroatoms. The van der Waals surface area contributed by atoms with Crippen LogP contribution >= 0.6 is 0 Å². The molecule has 1 aromatic carbocycles. The zero-order valence-electron chi connectivity index (χ0n) is 11.8. The molecule has 1 heterocycles. The first-order valence-corrected chi connectivity index (χ1v) is 8.12. The number of hydrogen-bond acceptors (Lipinski definition) is 4. The average molecular weight is 293 g/mol. The van der Waals surface area contributed by atoms with Gasteiger partial charge in [-0.2, -0.15) is 9.57 Å². The monoisotopic (exact) mass is 293 g/mol. The van der Waals surface area contributed by atoms with Crippen LogP contribution in [0.1, 0.15) is 24.0 Å². The van der Waals surface area contributed by atoms with E-state index in [1.54, 1.807) is 19.1 Å². The molecule has 5 nitrogen and oxygen atoms in total. The van der Waals surface area contributed by atoms with Crippen LogP contribution in [-0.2, 0) is 10.0 Å². The van der Waals surface area contributed by atoms with Crippen molar-refractivity contribution < 1.29 is 8.42 Å². The fourth-order valence-electron chi connectivity index (χ4n) is 2.52. The Kier molecular flexibility index (Phi) is 4.43. The predicted octanol–water partition coefficient (Wildman–Crippen LogP) is 1.24. The highest BCUT2D eigenvalue weighted by Gasteiger charge is 2.30. The van der Waals surface area contributed by atoms with E-state index in [4.69, 9.17) is 0 Å². The highest BCUT2D eigenvalue weighted by Crippen LogP contribution is 2.25. The van der Waals surface area contributed by atoms with Gasteiger partial charge in [0.1, 0.15) is 11.0 Å². The van der Waals surface area contributed by atoms with Gasteiger partial charge in [-0.25, -0.2) is 8.42 Å². The van der Waals surface area contributed by atoms with Crippen molar-refractivity contribution in [3.8, 4) is 6.07 Å². The van der Waals surface area contributed by atoms with Crippen LogP contribution in [0.4, 0.5) is 0 Å². The minimum absolute atomic E-state index is 0.128. The van der Waals surface area contributed by atoms with Gasteiger partial charge < -0.3 is 5.32 Å². The summed E-state index contributed by atoms with van der Waals surface area (Å²) in [7, 11) is -1.68. The normalized spacial score (nSPS) is 17.9. The smallest absolute Gasteiger partial charge is 0.244 e. The molecule has 1 aromatic rings. The lowest BCUT2D eigenvalue weighted by molar-refractivity contribution is 0.298. The number of sulfonamides is 1. The Bertz CT molecular complexity index is 626. The number of rotatable bonds is 3. The Labute approximate surface area is 120 Å². The third-order valence-corrected chi connectivity index (χ3v) is 5.77. The first-order valence-electron chi connectivity index (χ1n) is 6.68. The maximum absolute atomic E-state index is 12.7. The summed E-state index contributed by atoms with van der Waals surface area (Å²) >= 11 is 0. The number of nitrogens with one attached hydrogen (secondary N) is 1. The molecular formula is C14H19N3O2S. The van der Waals surface area contributed by atoms with Crippen molar-refractivity contribution >= 4 is 10.0 Å². The lowest BCUT2D eigenvalue weighted by Gasteiger charge is -2.31. The van der Waals surface area contributed by atoms with E-state index in [1.165, 1.54) is 10.4 Å². The molecule has 0 radical (unpaired) electrons. The van der Waals surface area contributed by atoms with Crippen LogP contribution in [-0.4, -0.2) is 38.9 Å². The van der Waals surface area contributed by atoms with Crippen molar-refractivity contribution in [3.63, 3.8) is 0 Å². The topological polar surface area (TPSA) is 73.2 Å². The molecule has 0 bridgehead atoms. The summed E-state index contributed by atoms with van der Waals surface area (Å²) in [4.78, 5) is 0.128. The molecule has 1 fully saturated rings. The Morgan fingerprint density at radius 2 is 2.00 bits per heavy atom. The van der Waals surface area contributed by atoms with Crippen LogP contribution in [0.15, 0.2) is 23.1 Å². The largest absolute Gasteiger partial charge is 0.317 e. The summed E-state index contributed by atoms with van der Waals surface area (Å²) in [5, 5.41) is 12.4. The maximum Gasteiger partial charge on any atom is 0.244 e. The van der Waals surface area contributed by atoms with Crippen molar-refractivity contribution in [3.05, 3.63) is 29.3 Å². The average Bonchev–Trinajstić information content (AvgIpc) is 2.47. The SMILES string of the molecule is CNC1CCN(S(=O)(=O)c2cccc(C)c2C#N)CC1. The molecule has 2 rings (SSSR count). The third-order valence-electron chi connectivity index (χ3n) is 3.83. The molecule has 108 valence electrons. The second-order valence-corrected chi connectivity index (χ2v) is 6.93. The molecule has 20 heavy (non-hydrogen) atoms. The lowest BCUT2D eigenvalue weighted by atomic mass is 10.1. The van der Waals surface area contributed by atoms with Crippen molar-refractivity contribution in [1.82, 2.24) is 9.62 Å². The van der Waals surface area contributed by atoms with Gasteiger partial charge in [-0.1, -0.05) is 12.1 Å². The van der Waals surface area contributed by atoms with Crippen molar-refractivity contribution in [2.45, 2.75) is 30.7 Å². The summed E-state index contributed by atoms with van der Waals surface area (Å²) in [6.45, 7) is 2.74. The van der Waals surface area contributed by atoms with Crippen LogP contribution in [0.3, 0.4) is 0 Å². The van der Waals surface area contributed by atoms with Crippen LogP contribution in [0.2, 0.25) is 0 Å². The number of hydrogen-bond donors (Lipinski definition) is 1. The van der Waals surface area contributed by atoms with Crippen molar-refractivity contribution in [2.24, 2.45) is 0 Å². The molecule has 1 aliphatic heterocycles. The second-order valence-electron chi connectivity index (χ2n) is 5.03. The molecule has 0 saturated carbocycles. The van der Waals surface area contributed by atoms with E-state index in [2.05, 4.69) is 5.32 Å². The molecule has 0 aliphatic carbocycles. The van der Waals surface area contributed by atoms with Gasteiger partial charge in [-0.15, -0.1) is 0 Å². The Hall–Kier alpha value is -1.42. The van der Waals surface area contributed by atoms with Crippen LogP contribution in [0.5, 0.6) is 0 Å². The third kappa shape index (κ3) is 2.70. The fraction of sp³-hybridized carbons (Fsp3) is 0.500. The second kappa shape index (κ2) is 5.92. The van der Waals surface area contributed by atoms with Gasteiger partial charge in [0.15, 0.2) is 0 Å². The first kappa shape index (κ1) is 15.0. The molecule has 0 atom stereocenters. The van der Waals surface area contributed by atoms with E-state index in [1.807, 2.05) is 13.1 Å². The maximum atomic E-state index is 12.7. The van der Waals surface area contributed by atoms with Gasteiger partial charge in [0.2, 0.25) is 10.0 Å². The van der Waals surface area contributed by atoms with Crippen molar-refractivity contribution in [1.29, 1.82) is 5.26 Å². The van der Waals surface area contributed by atoms with E-state index in [-0.39, 0.29) is 10.5 Å². The standard InChI is InChI=1S/C14H19N3O2S/c1-11-4-3-5-14(13(11)10-15)20(18,19)17-8-6-12(16-2)7-9-17/h3-5,12,16H,6-9H2,1-2H3. The van der Waals surface area contributed by atoms with E-state index in [0.29, 0.717) is 24.7 Å². The molecule has 0 spiro atoms. The summed E-state index contributed by atoms with van der Waals surface area (Å²) < 4.78 is 26.8. The molecule has 1 N–H and O–H groups in total. The zero-order chi connectivity index (χ0) is 14.8. The van der Waals surface area contributed by atoms with E-state index in [9.17, 15) is 13.7 Å². The summed E-state index contributed by atoms with van der Waals surface area (Å²) in [5.41, 5.74) is 0.946. The first-order chi connectivity index (χ1) is 9.50. The summed E-state index contributed by atoms with van der Waals surface area (Å²) in [6.07, 6.45) is 1.59. The Morgan fingerprint density at radius 3 is 2.55 bits per heavy atom. The number of aryl methyl sites for hydroxylation is 1. The molecule has 0 unspecified atom stereocenters. The minimum Gasteiger partial charge on any atom is -0.317 e. The Morgan fingerprint density at radius 1 is 1.35 bits per heavy atom. The molecule has 1 saturated heterocycles. The quantitative estimate of drug-likeness (QED) is 0.910. The molecule has 0 amide bonds. The van der Waals surface area contributed by atoms with E-state index < -0.39 is 10.0 Å². The van der Waals surface area contributed by atoms with Gasteiger partial charge in [0, 0.05) is 19.1 Å². The summed E-state index contributed by atoms with van der Waals surface area (Å²) in [6, 6.07) is 7.34. The minimum atomic E-state index is -3.58. The highest BCUT2D eigenvalue weighted by molar-refractivity contribution is 7.89. The van der Waals surface area contributed by atoms with E-state index in [0.717, 1.165) is 12.8 Å². The fourth-order valence-corrected chi connectivity index (χ4v) is 4.21. The Balaban J connectivity index is 2.33. The predicted molar refractivity (Wildman–Crippen MR) is 76.7 cm³/mol. The number of piperidine rings is 1. The van der Waals surface area contributed by atoms with Crippen LogP contribution < -0.4 is 5.32 Å². The van der Waals surface area contributed by atoms with Gasteiger partial charge >= 0.3 is 0 Å². The number of nitriles is 1. The van der Waals surface area contributed by atoms with Gasteiger partial charge in [-0.05, 0) is 38.4 Å². The van der Waals surface area contributed by atoms with Gasteiger partial charge in [0.25, 0.3) is 0 Å². The van der Waals surface area contributed by atoms with Gasteiger partial charge in [-0.3, -0.25) is 0 Å².